The number of urea groups is 1. The molecule has 2 N–H and O–H groups in total. The Bertz CT molecular complexity index is 520. The number of ether oxygens (including phenoxy) is 1. The number of nitrogens with zero attached hydrogens (tertiary/aromatic N) is 1. The largest absolute Gasteiger partial charge is 0.497 e. The number of aliphatic carboxylic acids is 1. The molecule has 1 aliphatic heterocycles. The minimum absolute atomic E-state index is 0.107. The van der Waals surface area contributed by atoms with Crippen LogP contribution in [0.4, 0.5) is 10.5 Å². The van der Waals surface area contributed by atoms with Gasteiger partial charge in [0.15, 0.2) is 0 Å². The molecule has 1 aliphatic rings. The summed E-state index contributed by atoms with van der Waals surface area (Å²) in [4.78, 5) is 25.0. The number of rotatable bonds is 4. The molecule has 0 saturated carbocycles. The number of thioether (sulfide) groups is 1. The van der Waals surface area contributed by atoms with Gasteiger partial charge in [-0.25, -0.2) is 9.59 Å². The highest BCUT2D eigenvalue weighted by Crippen LogP contribution is 2.32. The van der Waals surface area contributed by atoms with Crippen LogP contribution in [0.25, 0.3) is 0 Å². The molecule has 0 bridgehead atoms. The first-order valence-corrected chi connectivity index (χ1v) is 7.69. The molecule has 6 nitrogen and oxygen atoms in total. The number of carbonyl (C=O) groups is 2. The van der Waals surface area contributed by atoms with Gasteiger partial charge in [0.25, 0.3) is 0 Å². The molecule has 1 heterocycles. The Labute approximate surface area is 127 Å². The lowest BCUT2D eigenvalue weighted by Gasteiger charge is -2.26. The van der Waals surface area contributed by atoms with Gasteiger partial charge in [-0.1, -0.05) is 6.92 Å². The lowest BCUT2D eigenvalue weighted by Crippen LogP contribution is -2.47. The minimum Gasteiger partial charge on any atom is -0.497 e. The van der Waals surface area contributed by atoms with Gasteiger partial charge in [-0.2, -0.15) is 0 Å². The number of carboxylic acids is 1. The number of carbonyl (C=O) groups excluding carboxylic acids is 1. The van der Waals surface area contributed by atoms with Crippen molar-refractivity contribution in [2.75, 3.05) is 18.2 Å². The van der Waals surface area contributed by atoms with Crippen molar-refractivity contribution in [1.82, 2.24) is 4.90 Å². The quantitative estimate of drug-likeness (QED) is 0.893. The number of carboxylic acid groups (broad SMARTS) is 1. The van der Waals surface area contributed by atoms with Crippen LogP contribution in [0.2, 0.25) is 0 Å². The van der Waals surface area contributed by atoms with Crippen molar-refractivity contribution in [3.8, 4) is 5.75 Å². The van der Waals surface area contributed by atoms with Gasteiger partial charge in [0.2, 0.25) is 0 Å². The van der Waals surface area contributed by atoms with Crippen molar-refractivity contribution in [2.45, 2.75) is 24.8 Å². The van der Waals surface area contributed by atoms with E-state index in [9.17, 15) is 14.7 Å². The molecular formula is C14H18N2O4S. The van der Waals surface area contributed by atoms with Gasteiger partial charge in [0.05, 0.1) is 12.5 Å². The van der Waals surface area contributed by atoms with E-state index in [1.165, 1.54) is 16.7 Å². The fraction of sp³-hybridized carbons (Fsp3) is 0.429. The van der Waals surface area contributed by atoms with Crippen LogP contribution in [0.5, 0.6) is 5.75 Å². The molecule has 1 fully saturated rings. The molecule has 114 valence electrons. The van der Waals surface area contributed by atoms with Crippen molar-refractivity contribution in [3.05, 3.63) is 24.3 Å². The number of amides is 2. The molecule has 2 unspecified atom stereocenters. The summed E-state index contributed by atoms with van der Waals surface area (Å²) in [6.07, 6.45) is 0.713. The van der Waals surface area contributed by atoms with Crippen LogP contribution in [0.3, 0.4) is 0 Å². The highest BCUT2D eigenvalue weighted by molar-refractivity contribution is 8.00. The van der Waals surface area contributed by atoms with E-state index >= 15 is 0 Å². The summed E-state index contributed by atoms with van der Waals surface area (Å²) in [5, 5.41) is 11.9. The second-order valence-electron chi connectivity index (χ2n) is 4.62. The molecule has 1 saturated heterocycles. The Morgan fingerprint density at radius 1 is 1.43 bits per heavy atom. The second-order valence-corrected chi connectivity index (χ2v) is 5.83. The molecule has 7 heteroatoms. The molecule has 21 heavy (non-hydrogen) atoms. The van der Waals surface area contributed by atoms with Crippen molar-refractivity contribution in [2.24, 2.45) is 0 Å². The molecule has 0 aliphatic carbocycles. The van der Waals surface area contributed by atoms with Crippen molar-refractivity contribution < 1.29 is 19.4 Å². The maximum Gasteiger partial charge on any atom is 0.327 e. The Hall–Kier alpha value is -1.89. The third kappa shape index (κ3) is 3.41. The SMILES string of the molecule is CCC1SCC(C(=O)O)N1C(=O)Nc1ccc(OC)cc1. The number of benzene rings is 1. The van der Waals surface area contributed by atoms with Gasteiger partial charge in [-0.15, -0.1) is 11.8 Å². The molecule has 0 aromatic heterocycles. The number of hydrogen-bond acceptors (Lipinski definition) is 4. The first-order chi connectivity index (χ1) is 10.1. The molecular weight excluding hydrogens is 292 g/mol. The third-order valence-corrected chi connectivity index (χ3v) is 4.76. The zero-order valence-electron chi connectivity index (χ0n) is 11.9. The normalized spacial score (nSPS) is 21.1. The fourth-order valence-corrected chi connectivity index (χ4v) is 3.55. The third-order valence-electron chi connectivity index (χ3n) is 3.30. The van der Waals surface area contributed by atoms with Crippen LogP contribution in [-0.2, 0) is 4.79 Å². The van der Waals surface area contributed by atoms with Gasteiger partial charge in [0.1, 0.15) is 11.8 Å². The lowest BCUT2D eigenvalue weighted by molar-refractivity contribution is -0.141. The average Bonchev–Trinajstić information content (AvgIpc) is 2.92. The molecule has 2 rings (SSSR count). The van der Waals surface area contributed by atoms with E-state index in [0.29, 0.717) is 23.6 Å². The predicted molar refractivity (Wildman–Crippen MR) is 81.8 cm³/mol. The first-order valence-electron chi connectivity index (χ1n) is 6.64. The minimum atomic E-state index is -0.969. The van der Waals surface area contributed by atoms with E-state index in [2.05, 4.69) is 5.32 Å². The second kappa shape index (κ2) is 6.71. The van der Waals surface area contributed by atoms with E-state index < -0.39 is 12.0 Å². The van der Waals surface area contributed by atoms with Gasteiger partial charge in [-0.05, 0) is 30.7 Å². The molecule has 0 radical (unpaired) electrons. The van der Waals surface area contributed by atoms with Crippen LogP contribution in [-0.4, -0.2) is 46.3 Å². The Morgan fingerprint density at radius 3 is 2.62 bits per heavy atom. The van der Waals surface area contributed by atoms with Gasteiger partial charge < -0.3 is 15.2 Å². The molecule has 1 aromatic rings. The number of methoxy groups -OCH3 is 1. The van der Waals surface area contributed by atoms with Gasteiger partial charge >= 0.3 is 12.0 Å². The van der Waals surface area contributed by atoms with Crippen LogP contribution in [0, 0.1) is 0 Å². The highest BCUT2D eigenvalue weighted by atomic mass is 32.2. The van der Waals surface area contributed by atoms with Crippen molar-refractivity contribution >= 4 is 29.4 Å². The van der Waals surface area contributed by atoms with Gasteiger partial charge in [-0.3, -0.25) is 4.90 Å². The number of hydrogen-bond donors (Lipinski definition) is 2. The zero-order valence-corrected chi connectivity index (χ0v) is 12.7. The predicted octanol–water partition coefficient (Wildman–Crippen LogP) is 2.47. The maximum atomic E-state index is 12.4. The number of nitrogens with one attached hydrogen (secondary N) is 1. The topological polar surface area (TPSA) is 78.9 Å². The lowest BCUT2D eigenvalue weighted by atomic mass is 10.2. The summed E-state index contributed by atoms with van der Waals surface area (Å²) in [5.74, 6) is 0.145. The Kier molecular flexibility index (Phi) is 4.95. The van der Waals surface area contributed by atoms with E-state index in [0.717, 1.165) is 0 Å². The van der Waals surface area contributed by atoms with Crippen LogP contribution < -0.4 is 10.1 Å². The summed E-state index contributed by atoms with van der Waals surface area (Å²) in [6.45, 7) is 1.94. The smallest absolute Gasteiger partial charge is 0.327 e. The summed E-state index contributed by atoms with van der Waals surface area (Å²) in [5.41, 5.74) is 0.608. The summed E-state index contributed by atoms with van der Waals surface area (Å²) >= 11 is 1.50. The summed E-state index contributed by atoms with van der Waals surface area (Å²) in [7, 11) is 1.57. The zero-order chi connectivity index (χ0) is 15.4. The molecule has 2 atom stereocenters. The monoisotopic (exact) mass is 310 g/mol. The van der Waals surface area contributed by atoms with Gasteiger partial charge in [0, 0.05) is 11.4 Å². The van der Waals surface area contributed by atoms with Crippen LogP contribution in [0.15, 0.2) is 24.3 Å². The molecule has 1 aromatic carbocycles. The maximum absolute atomic E-state index is 12.4. The highest BCUT2D eigenvalue weighted by Gasteiger charge is 2.40. The van der Waals surface area contributed by atoms with Crippen LogP contribution >= 0.6 is 11.8 Å². The average molecular weight is 310 g/mol. The van der Waals surface area contributed by atoms with Crippen molar-refractivity contribution in [1.29, 1.82) is 0 Å². The summed E-state index contributed by atoms with van der Waals surface area (Å²) < 4.78 is 5.05. The van der Waals surface area contributed by atoms with Crippen molar-refractivity contribution in [3.63, 3.8) is 0 Å². The Morgan fingerprint density at radius 2 is 2.10 bits per heavy atom. The van der Waals surface area contributed by atoms with Crippen LogP contribution in [0.1, 0.15) is 13.3 Å². The molecule has 0 spiro atoms. The summed E-state index contributed by atoms with van der Waals surface area (Å²) in [6, 6.07) is 5.75. The first kappa shape index (κ1) is 15.5. The van der Waals surface area contributed by atoms with E-state index in [1.807, 2.05) is 6.92 Å². The Balaban J connectivity index is 2.10. The van der Waals surface area contributed by atoms with E-state index in [-0.39, 0.29) is 11.4 Å². The molecule has 2 amide bonds. The number of anilines is 1. The van der Waals surface area contributed by atoms with E-state index in [4.69, 9.17) is 4.74 Å². The fourth-order valence-electron chi connectivity index (χ4n) is 2.20. The standard InChI is InChI=1S/C14H18N2O4S/c1-3-12-16(11(8-21-12)13(17)18)14(19)15-9-4-6-10(20-2)7-5-9/h4-7,11-12H,3,8H2,1-2H3,(H,15,19)(H,17,18). The van der Waals surface area contributed by atoms with E-state index in [1.54, 1.807) is 31.4 Å².